The molecule has 1 amide bonds. The first-order valence-corrected chi connectivity index (χ1v) is 5.43. The monoisotopic (exact) mass is 265 g/mol. The molecule has 0 spiro atoms. The van der Waals surface area contributed by atoms with Crippen molar-refractivity contribution < 1.29 is 24.2 Å². The molecular weight excluding hydrogens is 250 g/mol. The van der Waals surface area contributed by atoms with Gasteiger partial charge in [-0.05, 0) is 0 Å². The van der Waals surface area contributed by atoms with Crippen LogP contribution in [-0.2, 0) is 4.79 Å². The molecule has 1 rings (SSSR count). The Morgan fingerprint density at radius 3 is 2.37 bits per heavy atom. The van der Waals surface area contributed by atoms with E-state index in [-0.39, 0.29) is 29.3 Å². The topological polar surface area (TPSA) is 84.9 Å². The Balaban J connectivity index is 3.23. The molecule has 0 unspecified atom stereocenters. The summed E-state index contributed by atoms with van der Waals surface area (Å²) in [6, 6.07) is 2.70. The molecule has 1 aromatic carbocycles. The highest BCUT2D eigenvalue weighted by atomic mass is 16.5. The second kappa shape index (κ2) is 6.44. The number of carboxylic acid groups (broad SMARTS) is 1. The maximum absolute atomic E-state index is 11.5. The maximum Gasteiger partial charge on any atom is 0.337 e. The molecular formula is C13H15NO5. The zero-order valence-corrected chi connectivity index (χ0v) is 10.7. The minimum Gasteiger partial charge on any atom is -0.493 e. The SMILES string of the molecule is C=CCC(=O)Nc1cc(OC)c(OC)cc1C(=O)O. The number of aromatic carboxylic acids is 1. The largest absolute Gasteiger partial charge is 0.493 e. The number of methoxy groups -OCH3 is 2. The van der Waals surface area contributed by atoms with Gasteiger partial charge in [-0.1, -0.05) is 6.08 Å². The van der Waals surface area contributed by atoms with Crippen LogP contribution >= 0.6 is 0 Å². The highest BCUT2D eigenvalue weighted by Gasteiger charge is 2.17. The smallest absolute Gasteiger partial charge is 0.337 e. The van der Waals surface area contributed by atoms with Gasteiger partial charge < -0.3 is 19.9 Å². The van der Waals surface area contributed by atoms with E-state index < -0.39 is 5.97 Å². The van der Waals surface area contributed by atoms with Crippen LogP contribution in [0, 0.1) is 0 Å². The first-order chi connectivity index (χ1) is 9.03. The second-order valence-electron chi connectivity index (χ2n) is 3.60. The van der Waals surface area contributed by atoms with E-state index in [1.165, 1.54) is 32.4 Å². The number of anilines is 1. The van der Waals surface area contributed by atoms with Gasteiger partial charge in [0.05, 0.1) is 25.5 Å². The Kier molecular flexibility index (Phi) is 4.93. The number of carboxylic acids is 1. The minimum absolute atomic E-state index is 0.0740. The van der Waals surface area contributed by atoms with Crippen molar-refractivity contribution in [1.82, 2.24) is 0 Å². The summed E-state index contributed by atoms with van der Waals surface area (Å²) >= 11 is 0. The Morgan fingerprint density at radius 2 is 1.89 bits per heavy atom. The van der Waals surface area contributed by atoms with Crippen molar-refractivity contribution >= 4 is 17.6 Å². The first kappa shape index (κ1) is 14.6. The van der Waals surface area contributed by atoms with Crippen molar-refractivity contribution in [3.05, 3.63) is 30.4 Å². The molecule has 0 heterocycles. The summed E-state index contributed by atoms with van der Waals surface area (Å²) in [5.74, 6) is -0.914. The van der Waals surface area contributed by atoms with Gasteiger partial charge in [-0.15, -0.1) is 6.58 Å². The normalized spacial score (nSPS) is 9.58. The average molecular weight is 265 g/mol. The molecule has 6 heteroatoms. The zero-order chi connectivity index (χ0) is 14.4. The van der Waals surface area contributed by atoms with Crippen LogP contribution < -0.4 is 14.8 Å². The van der Waals surface area contributed by atoms with Gasteiger partial charge in [-0.2, -0.15) is 0 Å². The van der Waals surface area contributed by atoms with Crippen LogP contribution in [-0.4, -0.2) is 31.2 Å². The standard InChI is InChI=1S/C13H15NO5/c1-4-5-12(15)14-9-7-11(19-3)10(18-2)6-8(9)13(16)17/h4,6-7H,1,5H2,2-3H3,(H,14,15)(H,16,17). The van der Waals surface area contributed by atoms with Gasteiger partial charge in [0.25, 0.3) is 0 Å². The first-order valence-electron chi connectivity index (χ1n) is 5.43. The average Bonchev–Trinajstić information content (AvgIpc) is 2.38. The Morgan fingerprint density at radius 1 is 1.32 bits per heavy atom. The highest BCUT2D eigenvalue weighted by molar-refractivity contribution is 6.01. The van der Waals surface area contributed by atoms with Gasteiger partial charge in [-0.25, -0.2) is 4.79 Å². The number of hydrogen-bond donors (Lipinski definition) is 2. The number of benzene rings is 1. The maximum atomic E-state index is 11.5. The number of carbonyl (C=O) groups excluding carboxylic acids is 1. The van der Waals surface area contributed by atoms with Crippen molar-refractivity contribution in [3.63, 3.8) is 0 Å². The van der Waals surface area contributed by atoms with Crippen LogP contribution in [0.4, 0.5) is 5.69 Å². The van der Waals surface area contributed by atoms with Crippen molar-refractivity contribution in [2.45, 2.75) is 6.42 Å². The second-order valence-corrected chi connectivity index (χ2v) is 3.60. The lowest BCUT2D eigenvalue weighted by Crippen LogP contribution is -2.14. The van der Waals surface area contributed by atoms with Gasteiger partial charge in [0.15, 0.2) is 11.5 Å². The number of rotatable bonds is 6. The summed E-state index contributed by atoms with van der Waals surface area (Å²) in [5.41, 5.74) is 0.0760. The predicted octanol–water partition coefficient (Wildman–Crippen LogP) is 1.92. The number of hydrogen-bond acceptors (Lipinski definition) is 4. The lowest BCUT2D eigenvalue weighted by Gasteiger charge is -2.13. The van der Waals surface area contributed by atoms with Crippen LogP contribution in [0.2, 0.25) is 0 Å². The summed E-state index contributed by atoms with van der Waals surface area (Å²) in [5, 5.41) is 11.6. The van der Waals surface area contributed by atoms with Crippen LogP contribution in [0.5, 0.6) is 11.5 Å². The van der Waals surface area contributed by atoms with Gasteiger partial charge >= 0.3 is 5.97 Å². The third-order valence-corrected chi connectivity index (χ3v) is 2.36. The molecule has 0 radical (unpaired) electrons. The fraction of sp³-hybridized carbons (Fsp3) is 0.231. The molecule has 0 fully saturated rings. The molecule has 1 aromatic rings. The fourth-order valence-electron chi connectivity index (χ4n) is 1.49. The minimum atomic E-state index is -1.17. The molecule has 0 bridgehead atoms. The van der Waals surface area contributed by atoms with E-state index in [0.29, 0.717) is 5.75 Å². The van der Waals surface area contributed by atoms with Crippen molar-refractivity contribution in [2.75, 3.05) is 19.5 Å². The van der Waals surface area contributed by atoms with E-state index in [9.17, 15) is 9.59 Å². The van der Waals surface area contributed by atoms with Crippen LogP contribution in [0.25, 0.3) is 0 Å². The quantitative estimate of drug-likeness (QED) is 0.767. The van der Waals surface area contributed by atoms with E-state index >= 15 is 0 Å². The molecule has 6 nitrogen and oxygen atoms in total. The van der Waals surface area contributed by atoms with E-state index in [1.54, 1.807) is 0 Å². The summed E-state index contributed by atoms with van der Waals surface area (Å²) < 4.78 is 10.1. The number of carbonyl (C=O) groups is 2. The Bertz CT molecular complexity index is 510. The molecule has 102 valence electrons. The lowest BCUT2D eigenvalue weighted by atomic mass is 10.1. The summed E-state index contributed by atoms with van der Waals surface area (Å²) in [7, 11) is 2.83. The number of ether oxygens (including phenoxy) is 2. The third kappa shape index (κ3) is 3.48. The van der Waals surface area contributed by atoms with E-state index in [0.717, 1.165) is 0 Å². The van der Waals surface area contributed by atoms with Gasteiger partial charge in [0.1, 0.15) is 0 Å². The molecule has 0 aromatic heterocycles. The summed E-state index contributed by atoms with van der Waals surface area (Å²) in [4.78, 5) is 22.7. The van der Waals surface area contributed by atoms with Gasteiger partial charge in [0, 0.05) is 18.6 Å². The molecule has 0 saturated heterocycles. The molecule has 2 N–H and O–H groups in total. The van der Waals surface area contributed by atoms with Crippen molar-refractivity contribution in [3.8, 4) is 11.5 Å². The van der Waals surface area contributed by atoms with E-state index in [4.69, 9.17) is 14.6 Å². The number of nitrogens with one attached hydrogen (secondary N) is 1. The molecule has 19 heavy (non-hydrogen) atoms. The zero-order valence-electron chi connectivity index (χ0n) is 10.7. The summed E-state index contributed by atoms with van der Waals surface area (Å²) in [6.45, 7) is 3.44. The van der Waals surface area contributed by atoms with Crippen LogP contribution in [0.3, 0.4) is 0 Å². The molecule has 0 aliphatic rings. The van der Waals surface area contributed by atoms with E-state index in [2.05, 4.69) is 11.9 Å². The van der Waals surface area contributed by atoms with Crippen molar-refractivity contribution in [2.24, 2.45) is 0 Å². The highest BCUT2D eigenvalue weighted by Crippen LogP contribution is 2.33. The molecule has 0 aliphatic heterocycles. The molecule has 0 aliphatic carbocycles. The predicted molar refractivity (Wildman–Crippen MR) is 69.9 cm³/mol. The Hall–Kier alpha value is -2.50. The lowest BCUT2D eigenvalue weighted by molar-refractivity contribution is -0.115. The van der Waals surface area contributed by atoms with Gasteiger partial charge in [0.2, 0.25) is 5.91 Å². The van der Waals surface area contributed by atoms with E-state index in [1.807, 2.05) is 0 Å². The Labute approximate surface area is 110 Å². The van der Waals surface area contributed by atoms with Crippen LogP contribution in [0.15, 0.2) is 24.8 Å². The van der Waals surface area contributed by atoms with Gasteiger partial charge in [-0.3, -0.25) is 4.79 Å². The summed E-state index contributed by atoms with van der Waals surface area (Å²) in [6.07, 6.45) is 1.52. The molecule has 0 saturated carbocycles. The van der Waals surface area contributed by atoms with Crippen molar-refractivity contribution in [1.29, 1.82) is 0 Å². The molecule has 0 atom stereocenters. The number of amides is 1. The fourth-order valence-corrected chi connectivity index (χ4v) is 1.49. The third-order valence-electron chi connectivity index (χ3n) is 2.36. The van der Waals surface area contributed by atoms with Crippen LogP contribution in [0.1, 0.15) is 16.8 Å².